The summed E-state index contributed by atoms with van der Waals surface area (Å²) in [6, 6.07) is 9.43. The van der Waals surface area contributed by atoms with Crippen molar-refractivity contribution in [2.45, 2.75) is 11.1 Å². The van der Waals surface area contributed by atoms with Crippen molar-refractivity contribution in [3.63, 3.8) is 0 Å². The highest BCUT2D eigenvalue weighted by Gasteiger charge is 2.42. The summed E-state index contributed by atoms with van der Waals surface area (Å²) in [5.74, 6) is -1.66. The van der Waals surface area contributed by atoms with Crippen LogP contribution in [0.3, 0.4) is 0 Å². The number of sulfonamides is 1. The monoisotopic (exact) mass is 369 g/mol. The molecule has 0 aliphatic carbocycles. The number of halogens is 3. The van der Waals surface area contributed by atoms with Crippen molar-refractivity contribution in [2.75, 3.05) is 4.31 Å². The molecule has 0 spiro atoms. The van der Waals surface area contributed by atoms with E-state index in [-0.39, 0.29) is 14.8 Å². The van der Waals surface area contributed by atoms with Crippen LogP contribution in [-0.2, 0) is 21.0 Å². The van der Waals surface area contributed by atoms with Crippen LogP contribution in [0.1, 0.15) is 11.1 Å². The first-order valence-corrected chi connectivity index (χ1v) is 8.33. The van der Waals surface area contributed by atoms with Crippen molar-refractivity contribution in [1.82, 2.24) is 0 Å². The minimum atomic E-state index is -4.85. The minimum Gasteiger partial charge on any atom is -0.477 e. The molecule has 0 atom stereocenters. The molecular weight excluding hydrogens is 359 g/mol. The van der Waals surface area contributed by atoms with Gasteiger partial charge in [0, 0.05) is 0 Å². The third-order valence-electron chi connectivity index (χ3n) is 3.60. The van der Waals surface area contributed by atoms with Gasteiger partial charge in [0.2, 0.25) is 0 Å². The molecular formula is C16H10F3NO4S. The Morgan fingerprint density at radius 3 is 2.24 bits per heavy atom. The second-order valence-electron chi connectivity index (χ2n) is 5.16. The molecule has 9 heteroatoms. The lowest BCUT2D eigenvalue weighted by Crippen LogP contribution is -2.37. The topological polar surface area (TPSA) is 74.7 Å². The SMILES string of the molecule is O=C(O)C1=Cc2ccccc2S(=O)(=O)N1c1ccccc1C(F)(F)F. The Morgan fingerprint density at radius 1 is 1.00 bits per heavy atom. The normalized spacial score (nSPS) is 16.1. The van der Waals surface area contributed by atoms with Crippen molar-refractivity contribution >= 4 is 27.8 Å². The first-order chi connectivity index (χ1) is 11.6. The number of nitrogens with zero attached hydrogens (tertiary/aromatic N) is 1. The van der Waals surface area contributed by atoms with E-state index in [9.17, 15) is 31.5 Å². The van der Waals surface area contributed by atoms with Crippen LogP contribution in [0.15, 0.2) is 59.1 Å². The summed E-state index contributed by atoms with van der Waals surface area (Å²) in [4.78, 5) is 11.3. The molecule has 0 unspecified atom stereocenters. The molecule has 0 aromatic heterocycles. The maximum absolute atomic E-state index is 13.3. The van der Waals surface area contributed by atoms with Gasteiger partial charge >= 0.3 is 12.1 Å². The first-order valence-electron chi connectivity index (χ1n) is 6.89. The highest BCUT2D eigenvalue weighted by atomic mass is 32.2. The number of carboxylic acid groups (broad SMARTS) is 1. The van der Waals surface area contributed by atoms with E-state index in [2.05, 4.69) is 0 Å². The largest absolute Gasteiger partial charge is 0.477 e. The molecule has 5 nitrogen and oxygen atoms in total. The van der Waals surface area contributed by atoms with Crippen LogP contribution < -0.4 is 4.31 Å². The number of fused-ring (bicyclic) bond motifs is 1. The predicted molar refractivity (Wildman–Crippen MR) is 83.2 cm³/mol. The molecule has 3 rings (SSSR count). The van der Waals surface area contributed by atoms with E-state index in [0.717, 1.165) is 18.2 Å². The van der Waals surface area contributed by atoms with E-state index in [0.29, 0.717) is 6.07 Å². The highest BCUT2D eigenvalue weighted by Crippen LogP contribution is 2.42. The second-order valence-corrected chi connectivity index (χ2v) is 6.91. The fourth-order valence-electron chi connectivity index (χ4n) is 2.57. The maximum atomic E-state index is 13.3. The predicted octanol–water partition coefficient (Wildman–Crippen LogP) is 3.34. The standard InChI is InChI=1S/C16H10F3NO4S/c17-16(18,19)11-6-2-3-7-12(11)20-13(15(21)22)9-10-5-1-4-8-14(10)25(20,23)24/h1-9H,(H,21,22). The fraction of sp³-hybridized carbons (Fsp3) is 0.0625. The molecule has 1 heterocycles. The van der Waals surface area contributed by atoms with Crippen LogP contribution in [-0.4, -0.2) is 19.5 Å². The van der Waals surface area contributed by atoms with Gasteiger partial charge in [-0.3, -0.25) is 0 Å². The average molecular weight is 369 g/mol. The Morgan fingerprint density at radius 2 is 1.60 bits per heavy atom. The Labute approximate surface area is 140 Å². The van der Waals surface area contributed by atoms with E-state index in [1.54, 1.807) is 0 Å². The molecule has 1 aliphatic heterocycles. The van der Waals surface area contributed by atoms with Gasteiger partial charge in [-0.05, 0) is 29.8 Å². The Balaban J connectivity index is 2.35. The summed E-state index contributed by atoms with van der Waals surface area (Å²) in [6.07, 6.45) is -3.82. The molecule has 1 N–H and O–H groups in total. The van der Waals surface area contributed by atoms with Gasteiger partial charge in [0.15, 0.2) is 0 Å². The third-order valence-corrected chi connectivity index (χ3v) is 5.40. The summed E-state index contributed by atoms with van der Waals surface area (Å²) in [7, 11) is -4.53. The van der Waals surface area contributed by atoms with Crippen molar-refractivity contribution < 1.29 is 31.5 Å². The maximum Gasteiger partial charge on any atom is 0.418 e. The molecule has 25 heavy (non-hydrogen) atoms. The number of carbonyl (C=O) groups is 1. The number of para-hydroxylation sites is 1. The first kappa shape index (κ1) is 17.0. The van der Waals surface area contributed by atoms with Crippen LogP contribution in [0.5, 0.6) is 0 Å². The van der Waals surface area contributed by atoms with Crippen LogP contribution in [0.25, 0.3) is 6.08 Å². The fourth-order valence-corrected chi connectivity index (χ4v) is 4.25. The Kier molecular flexibility index (Phi) is 3.83. The zero-order valence-corrected chi connectivity index (χ0v) is 13.2. The van der Waals surface area contributed by atoms with Gasteiger partial charge in [0.1, 0.15) is 5.70 Å². The molecule has 2 aromatic carbocycles. The van der Waals surface area contributed by atoms with E-state index in [1.165, 1.54) is 30.3 Å². The van der Waals surface area contributed by atoms with Gasteiger partial charge in [-0.25, -0.2) is 17.5 Å². The van der Waals surface area contributed by atoms with Gasteiger partial charge in [0.25, 0.3) is 10.0 Å². The lowest BCUT2D eigenvalue weighted by molar-refractivity contribution is -0.137. The van der Waals surface area contributed by atoms with Gasteiger partial charge in [0.05, 0.1) is 16.1 Å². The lowest BCUT2D eigenvalue weighted by Gasteiger charge is -2.30. The molecule has 130 valence electrons. The van der Waals surface area contributed by atoms with Gasteiger partial charge in [-0.2, -0.15) is 13.2 Å². The number of hydrogen-bond donors (Lipinski definition) is 1. The number of anilines is 1. The van der Waals surface area contributed by atoms with E-state index < -0.39 is 39.1 Å². The molecule has 2 aromatic rings. The summed E-state index contributed by atoms with van der Waals surface area (Å²) in [5.41, 5.74) is -2.70. The average Bonchev–Trinajstić information content (AvgIpc) is 2.53. The van der Waals surface area contributed by atoms with E-state index in [1.807, 2.05) is 0 Å². The molecule has 0 bridgehead atoms. The minimum absolute atomic E-state index is 0.0978. The molecule has 0 fully saturated rings. The molecule has 0 saturated carbocycles. The number of hydrogen-bond acceptors (Lipinski definition) is 3. The number of alkyl halides is 3. The summed E-state index contributed by atoms with van der Waals surface area (Å²) in [5, 5.41) is 9.37. The van der Waals surface area contributed by atoms with Crippen LogP contribution in [0.4, 0.5) is 18.9 Å². The summed E-state index contributed by atoms with van der Waals surface area (Å²) >= 11 is 0. The molecule has 0 radical (unpaired) electrons. The zero-order valence-electron chi connectivity index (χ0n) is 12.4. The Hall–Kier alpha value is -2.81. The highest BCUT2D eigenvalue weighted by molar-refractivity contribution is 7.93. The molecule has 0 saturated heterocycles. The van der Waals surface area contributed by atoms with Gasteiger partial charge in [-0.1, -0.05) is 30.3 Å². The smallest absolute Gasteiger partial charge is 0.418 e. The van der Waals surface area contributed by atoms with Crippen LogP contribution in [0.2, 0.25) is 0 Å². The summed E-state index contributed by atoms with van der Waals surface area (Å²) in [6.45, 7) is 0. The van der Waals surface area contributed by atoms with Crippen LogP contribution in [0, 0.1) is 0 Å². The van der Waals surface area contributed by atoms with E-state index in [4.69, 9.17) is 0 Å². The Bertz CT molecular complexity index is 996. The molecule has 0 amide bonds. The second kappa shape index (κ2) is 5.62. The van der Waals surface area contributed by atoms with Crippen molar-refractivity contribution in [3.8, 4) is 0 Å². The molecule has 1 aliphatic rings. The summed E-state index contributed by atoms with van der Waals surface area (Å²) < 4.78 is 65.8. The van der Waals surface area contributed by atoms with Crippen molar-refractivity contribution in [1.29, 1.82) is 0 Å². The van der Waals surface area contributed by atoms with Crippen molar-refractivity contribution in [3.05, 3.63) is 65.4 Å². The van der Waals surface area contributed by atoms with Crippen molar-refractivity contribution in [2.24, 2.45) is 0 Å². The number of benzene rings is 2. The zero-order chi connectivity index (χ0) is 18.4. The van der Waals surface area contributed by atoms with Gasteiger partial charge in [-0.15, -0.1) is 0 Å². The van der Waals surface area contributed by atoms with E-state index >= 15 is 0 Å². The lowest BCUT2D eigenvalue weighted by atomic mass is 10.1. The third kappa shape index (κ3) is 2.76. The van der Waals surface area contributed by atoms with Crippen LogP contribution >= 0.6 is 0 Å². The number of carboxylic acids is 1. The number of rotatable bonds is 2. The van der Waals surface area contributed by atoms with Gasteiger partial charge < -0.3 is 5.11 Å². The number of aliphatic carboxylic acids is 1. The quantitative estimate of drug-likeness (QED) is 0.881.